The molecule has 0 N–H and O–H groups in total. The van der Waals surface area contributed by atoms with Crippen LogP contribution in [0, 0.1) is 0 Å². The summed E-state index contributed by atoms with van der Waals surface area (Å²) in [6.45, 7) is 2.57. The monoisotopic (exact) mass is 404 g/mol. The summed E-state index contributed by atoms with van der Waals surface area (Å²) < 4.78 is 18.6. The first-order valence-electron chi connectivity index (χ1n) is 7.06. The van der Waals surface area contributed by atoms with E-state index in [-0.39, 0.29) is 0 Å². The van der Waals surface area contributed by atoms with E-state index in [1.54, 1.807) is 0 Å². The van der Waals surface area contributed by atoms with E-state index in [4.69, 9.17) is 14.2 Å². The van der Waals surface area contributed by atoms with Crippen molar-refractivity contribution in [2.75, 3.05) is 19.8 Å². The van der Waals surface area contributed by atoms with E-state index in [2.05, 4.69) is 37.9 Å². The number of benzene rings is 1. The van der Waals surface area contributed by atoms with Gasteiger partial charge in [0.25, 0.3) is 0 Å². The minimum absolute atomic E-state index is 0.366. The fourth-order valence-corrected chi connectivity index (χ4v) is 3.67. The molecule has 0 bridgehead atoms. The highest BCUT2D eigenvalue weighted by atomic mass is 79.9. The Labute approximate surface area is 136 Å². The summed E-state index contributed by atoms with van der Waals surface area (Å²) in [6.07, 6.45) is 5.21. The molecule has 20 heavy (non-hydrogen) atoms. The van der Waals surface area contributed by atoms with Gasteiger partial charge < -0.3 is 14.2 Å². The summed E-state index contributed by atoms with van der Waals surface area (Å²) in [5.74, 6) is 0.964. The summed E-state index contributed by atoms with van der Waals surface area (Å²) in [6, 6.07) is 4.16. The normalized spacial score (nSPS) is 23.7. The molecule has 1 aromatic rings. The number of unbranched alkanes of at least 4 members (excludes halogenated alkanes) is 1. The maximum Gasteiger partial charge on any atom is 0.136 e. The van der Waals surface area contributed by atoms with E-state index in [1.165, 1.54) is 12.0 Å². The molecule has 5 heteroatoms. The Morgan fingerprint density at radius 3 is 2.55 bits per heavy atom. The fraction of sp³-hybridized carbons (Fsp3) is 0.600. The van der Waals surface area contributed by atoms with Crippen LogP contribution in [-0.2, 0) is 15.9 Å². The summed E-state index contributed by atoms with van der Waals surface area (Å²) >= 11 is 7.13. The van der Waals surface area contributed by atoms with Crippen LogP contribution in [0.15, 0.2) is 21.1 Å². The Kier molecular flexibility index (Phi) is 5.02. The lowest BCUT2D eigenvalue weighted by atomic mass is 10.1. The van der Waals surface area contributed by atoms with E-state index in [0.717, 1.165) is 53.8 Å². The van der Waals surface area contributed by atoms with Crippen molar-refractivity contribution in [2.24, 2.45) is 0 Å². The van der Waals surface area contributed by atoms with Crippen LogP contribution in [0.3, 0.4) is 0 Å². The zero-order valence-electron chi connectivity index (χ0n) is 11.2. The van der Waals surface area contributed by atoms with Crippen molar-refractivity contribution in [3.8, 4) is 5.75 Å². The minimum Gasteiger partial charge on any atom is -0.492 e. The zero-order valence-corrected chi connectivity index (χ0v) is 14.4. The molecule has 2 atom stereocenters. The van der Waals surface area contributed by atoms with Crippen LogP contribution >= 0.6 is 31.9 Å². The third kappa shape index (κ3) is 4.45. The molecule has 2 unspecified atom stereocenters. The predicted molar refractivity (Wildman–Crippen MR) is 84.4 cm³/mol. The molecule has 110 valence electrons. The predicted octanol–water partition coefficient (Wildman–Crippen LogP) is 4.10. The van der Waals surface area contributed by atoms with E-state index in [0.29, 0.717) is 12.2 Å². The second kappa shape index (κ2) is 6.77. The van der Waals surface area contributed by atoms with E-state index < -0.39 is 0 Å². The van der Waals surface area contributed by atoms with Gasteiger partial charge in [-0.3, -0.25) is 0 Å². The van der Waals surface area contributed by atoms with Crippen LogP contribution < -0.4 is 4.74 Å². The van der Waals surface area contributed by atoms with Crippen molar-refractivity contribution < 1.29 is 14.2 Å². The van der Waals surface area contributed by atoms with Gasteiger partial charge in [-0.25, -0.2) is 0 Å². The Morgan fingerprint density at radius 1 is 1.10 bits per heavy atom. The van der Waals surface area contributed by atoms with Crippen molar-refractivity contribution in [2.45, 2.75) is 37.9 Å². The first-order valence-corrected chi connectivity index (χ1v) is 8.65. The molecule has 0 aromatic heterocycles. The molecule has 2 heterocycles. The first-order chi connectivity index (χ1) is 9.72. The van der Waals surface area contributed by atoms with Gasteiger partial charge in [-0.15, -0.1) is 0 Å². The Bertz CT molecular complexity index is 470. The van der Waals surface area contributed by atoms with Crippen molar-refractivity contribution in [1.29, 1.82) is 0 Å². The lowest BCUT2D eigenvalue weighted by Gasteiger charge is -2.13. The van der Waals surface area contributed by atoms with Gasteiger partial charge in [0.1, 0.15) is 5.75 Å². The number of hydrogen-bond acceptors (Lipinski definition) is 3. The molecule has 2 aliphatic rings. The SMILES string of the molecule is Brc1cc(Br)c(OCCCCC2CO2)c(CC2CO2)c1. The molecule has 0 aliphatic carbocycles. The van der Waals surface area contributed by atoms with E-state index in [9.17, 15) is 0 Å². The molecule has 3 nitrogen and oxygen atoms in total. The molecule has 2 aliphatic heterocycles. The Balaban J connectivity index is 1.54. The minimum atomic E-state index is 0.366. The number of rotatable bonds is 8. The molecular formula is C15H18Br2O3. The smallest absolute Gasteiger partial charge is 0.136 e. The highest BCUT2D eigenvalue weighted by molar-refractivity contribution is 9.11. The molecule has 0 radical (unpaired) electrons. The van der Waals surface area contributed by atoms with Crippen LogP contribution in [0.5, 0.6) is 5.75 Å². The molecule has 2 fully saturated rings. The van der Waals surface area contributed by atoms with Crippen molar-refractivity contribution in [3.05, 3.63) is 26.6 Å². The van der Waals surface area contributed by atoms with Gasteiger partial charge in [0.05, 0.1) is 36.5 Å². The number of hydrogen-bond donors (Lipinski definition) is 0. The van der Waals surface area contributed by atoms with Gasteiger partial charge in [-0.1, -0.05) is 15.9 Å². The van der Waals surface area contributed by atoms with Crippen LogP contribution in [0.25, 0.3) is 0 Å². The van der Waals surface area contributed by atoms with Crippen molar-refractivity contribution >= 4 is 31.9 Å². The Hall–Kier alpha value is -0.100. The summed E-state index contributed by atoms with van der Waals surface area (Å²) in [4.78, 5) is 0. The van der Waals surface area contributed by atoms with Crippen molar-refractivity contribution in [1.82, 2.24) is 0 Å². The standard InChI is InChI=1S/C15H18Br2O3/c16-11-5-10(6-13-9-20-13)15(14(17)7-11)18-4-2-1-3-12-8-19-12/h5,7,12-13H,1-4,6,8-9H2. The van der Waals surface area contributed by atoms with E-state index in [1.807, 2.05) is 6.07 Å². The molecule has 3 rings (SSSR count). The number of ether oxygens (including phenoxy) is 3. The van der Waals surface area contributed by atoms with Crippen LogP contribution in [0.4, 0.5) is 0 Å². The lowest BCUT2D eigenvalue weighted by molar-refractivity contribution is 0.294. The summed E-state index contributed by atoms with van der Waals surface area (Å²) in [5, 5.41) is 0. The molecule has 2 saturated heterocycles. The number of halogens is 2. The van der Waals surface area contributed by atoms with Gasteiger partial charge in [0.15, 0.2) is 0 Å². The largest absolute Gasteiger partial charge is 0.492 e. The first kappa shape index (κ1) is 14.8. The Morgan fingerprint density at radius 2 is 1.85 bits per heavy atom. The lowest BCUT2D eigenvalue weighted by Crippen LogP contribution is -2.04. The van der Waals surface area contributed by atoms with Crippen molar-refractivity contribution in [3.63, 3.8) is 0 Å². The molecule has 0 spiro atoms. The van der Waals surface area contributed by atoms with Gasteiger partial charge in [-0.2, -0.15) is 0 Å². The van der Waals surface area contributed by atoms with Gasteiger partial charge in [0, 0.05) is 10.9 Å². The molecule has 0 saturated carbocycles. The second-order valence-electron chi connectivity index (χ2n) is 5.33. The quantitative estimate of drug-likeness (QED) is 0.482. The van der Waals surface area contributed by atoms with Gasteiger partial charge in [0.2, 0.25) is 0 Å². The molecule has 0 amide bonds. The average Bonchev–Trinajstić information content (AvgIpc) is 3.25. The van der Waals surface area contributed by atoms with Crippen LogP contribution in [0.2, 0.25) is 0 Å². The third-order valence-electron chi connectivity index (χ3n) is 3.50. The molecule has 1 aromatic carbocycles. The summed E-state index contributed by atoms with van der Waals surface area (Å²) in [7, 11) is 0. The molecular weight excluding hydrogens is 388 g/mol. The summed E-state index contributed by atoms with van der Waals surface area (Å²) in [5.41, 5.74) is 1.21. The highest BCUT2D eigenvalue weighted by Gasteiger charge is 2.25. The maximum atomic E-state index is 5.99. The zero-order chi connectivity index (χ0) is 13.9. The highest BCUT2D eigenvalue weighted by Crippen LogP contribution is 2.35. The third-order valence-corrected chi connectivity index (χ3v) is 4.55. The van der Waals surface area contributed by atoms with Gasteiger partial charge >= 0.3 is 0 Å². The number of epoxide rings is 2. The second-order valence-corrected chi connectivity index (χ2v) is 7.10. The van der Waals surface area contributed by atoms with Crippen LogP contribution in [-0.4, -0.2) is 32.0 Å². The van der Waals surface area contributed by atoms with Gasteiger partial charge in [-0.05, 0) is 52.9 Å². The van der Waals surface area contributed by atoms with E-state index >= 15 is 0 Å². The van der Waals surface area contributed by atoms with Crippen LogP contribution in [0.1, 0.15) is 24.8 Å². The maximum absolute atomic E-state index is 5.99. The average molecular weight is 406 g/mol. The fourth-order valence-electron chi connectivity index (χ4n) is 2.24. The topological polar surface area (TPSA) is 34.3 Å².